The van der Waals surface area contributed by atoms with E-state index in [1.54, 1.807) is 0 Å². The third-order valence-corrected chi connectivity index (χ3v) is 2.91. The molecule has 0 heterocycles. The molecule has 0 bridgehead atoms. The lowest BCUT2D eigenvalue weighted by atomic mass is 10.1. The van der Waals surface area contributed by atoms with Crippen LogP contribution >= 0.6 is 0 Å². The molecule has 3 nitrogen and oxygen atoms in total. The highest BCUT2D eigenvalue weighted by atomic mass is 16.5. The quantitative estimate of drug-likeness (QED) is 0.855. The van der Waals surface area contributed by atoms with Crippen molar-refractivity contribution in [3.8, 4) is 0 Å². The van der Waals surface area contributed by atoms with Gasteiger partial charge in [0.25, 0.3) is 0 Å². The summed E-state index contributed by atoms with van der Waals surface area (Å²) in [4.78, 5) is 11.8. The van der Waals surface area contributed by atoms with Gasteiger partial charge in [0.1, 0.15) is 12.6 Å². The molecule has 0 saturated heterocycles. The molecule has 19 heavy (non-hydrogen) atoms. The van der Waals surface area contributed by atoms with E-state index in [9.17, 15) is 4.79 Å². The Morgan fingerprint density at radius 1 is 1.11 bits per heavy atom. The first-order chi connectivity index (χ1) is 9.16. The molecule has 2 rings (SSSR count). The highest BCUT2D eigenvalue weighted by molar-refractivity contribution is 5.77. The van der Waals surface area contributed by atoms with Crippen molar-refractivity contribution in [2.24, 2.45) is 5.73 Å². The van der Waals surface area contributed by atoms with Gasteiger partial charge in [-0.1, -0.05) is 60.2 Å². The Labute approximate surface area is 113 Å². The molecular weight excluding hydrogens is 238 g/mol. The standard InChI is InChI=1S/C16H17NO2/c1-12-7-9-13(10-8-12)11-19-16(18)15(17)14-5-3-2-4-6-14/h2-10,15H,11,17H2,1H3. The molecular formula is C16H17NO2. The number of rotatable bonds is 4. The molecule has 0 saturated carbocycles. The van der Waals surface area contributed by atoms with Crippen molar-refractivity contribution >= 4 is 5.97 Å². The minimum Gasteiger partial charge on any atom is -0.459 e. The molecule has 2 aromatic carbocycles. The van der Waals surface area contributed by atoms with E-state index in [4.69, 9.17) is 10.5 Å². The molecule has 0 fully saturated rings. The average molecular weight is 255 g/mol. The van der Waals surface area contributed by atoms with Gasteiger partial charge in [0.05, 0.1) is 0 Å². The molecule has 1 atom stereocenters. The van der Waals surface area contributed by atoms with Crippen molar-refractivity contribution < 1.29 is 9.53 Å². The van der Waals surface area contributed by atoms with Crippen LogP contribution in [-0.2, 0) is 16.1 Å². The van der Waals surface area contributed by atoms with E-state index in [2.05, 4.69) is 0 Å². The number of hydrogen-bond donors (Lipinski definition) is 1. The Bertz CT molecular complexity index is 534. The minimum absolute atomic E-state index is 0.250. The summed E-state index contributed by atoms with van der Waals surface area (Å²) < 4.78 is 5.22. The topological polar surface area (TPSA) is 52.3 Å². The van der Waals surface area contributed by atoms with Crippen LogP contribution in [0.4, 0.5) is 0 Å². The molecule has 3 heteroatoms. The van der Waals surface area contributed by atoms with Gasteiger partial charge in [0.2, 0.25) is 0 Å². The van der Waals surface area contributed by atoms with Gasteiger partial charge in [-0.3, -0.25) is 0 Å². The lowest BCUT2D eigenvalue weighted by molar-refractivity contribution is -0.146. The fraction of sp³-hybridized carbons (Fsp3) is 0.188. The first-order valence-electron chi connectivity index (χ1n) is 6.19. The third-order valence-electron chi connectivity index (χ3n) is 2.91. The first kappa shape index (κ1) is 13.3. The van der Waals surface area contributed by atoms with E-state index in [0.717, 1.165) is 11.1 Å². The third kappa shape index (κ3) is 3.66. The van der Waals surface area contributed by atoms with Gasteiger partial charge in [-0.05, 0) is 18.1 Å². The molecule has 0 aliphatic carbocycles. The largest absolute Gasteiger partial charge is 0.459 e. The van der Waals surface area contributed by atoms with Crippen LogP contribution in [0.1, 0.15) is 22.7 Å². The zero-order valence-corrected chi connectivity index (χ0v) is 10.9. The summed E-state index contributed by atoms with van der Waals surface area (Å²) in [5.41, 5.74) is 8.75. The highest BCUT2D eigenvalue weighted by Crippen LogP contribution is 2.12. The SMILES string of the molecule is Cc1ccc(COC(=O)C(N)c2ccccc2)cc1. The van der Waals surface area contributed by atoms with Crippen molar-refractivity contribution in [3.05, 3.63) is 71.3 Å². The molecule has 0 spiro atoms. The van der Waals surface area contributed by atoms with Gasteiger partial charge in [0.15, 0.2) is 0 Å². The number of carbonyl (C=O) groups excluding carboxylic acids is 1. The Morgan fingerprint density at radius 2 is 1.74 bits per heavy atom. The van der Waals surface area contributed by atoms with Crippen LogP contribution in [0, 0.1) is 6.92 Å². The van der Waals surface area contributed by atoms with E-state index < -0.39 is 12.0 Å². The fourth-order valence-corrected chi connectivity index (χ4v) is 1.73. The Morgan fingerprint density at radius 3 is 2.37 bits per heavy atom. The summed E-state index contributed by atoms with van der Waals surface area (Å²) >= 11 is 0. The lowest BCUT2D eigenvalue weighted by Gasteiger charge is -2.11. The molecule has 0 aliphatic rings. The van der Waals surface area contributed by atoms with Crippen LogP contribution < -0.4 is 5.73 Å². The van der Waals surface area contributed by atoms with Crippen molar-refractivity contribution in [1.29, 1.82) is 0 Å². The van der Waals surface area contributed by atoms with E-state index in [0.29, 0.717) is 0 Å². The predicted molar refractivity (Wildman–Crippen MR) is 74.3 cm³/mol. The maximum Gasteiger partial charge on any atom is 0.327 e. The van der Waals surface area contributed by atoms with Crippen molar-refractivity contribution in [3.63, 3.8) is 0 Å². The summed E-state index contributed by atoms with van der Waals surface area (Å²) in [6.45, 7) is 2.26. The second-order valence-electron chi connectivity index (χ2n) is 4.48. The van der Waals surface area contributed by atoms with Gasteiger partial charge >= 0.3 is 5.97 Å². The molecule has 1 unspecified atom stereocenters. The van der Waals surface area contributed by atoms with Crippen molar-refractivity contribution in [2.75, 3.05) is 0 Å². The Balaban J connectivity index is 1.93. The van der Waals surface area contributed by atoms with Gasteiger partial charge in [-0.15, -0.1) is 0 Å². The molecule has 2 aromatic rings. The van der Waals surface area contributed by atoms with Gasteiger partial charge < -0.3 is 10.5 Å². The summed E-state index contributed by atoms with van der Waals surface area (Å²) in [6, 6.07) is 16.3. The summed E-state index contributed by atoms with van der Waals surface area (Å²) in [6.07, 6.45) is 0. The van der Waals surface area contributed by atoms with Crippen molar-refractivity contribution in [1.82, 2.24) is 0 Å². The normalized spacial score (nSPS) is 11.9. The van der Waals surface area contributed by atoms with E-state index in [1.807, 2.05) is 61.5 Å². The van der Waals surface area contributed by atoms with Gasteiger partial charge in [0, 0.05) is 0 Å². The number of benzene rings is 2. The summed E-state index contributed by atoms with van der Waals surface area (Å²) in [7, 11) is 0. The zero-order chi connectivity index (χ0) is 13.7. The number of aryl methyl sites for hydroxylation is 1. The van der Waals surface area contributed by atoms with Crippen LogP contribution in [0.15, 0.2) is 54.6 Å². The second kappa shape index (κ2) is 6.16. The molecule has 2 N–H and O–H groups in total. The minimum atomic E-state index is -0.730. The van der Waals surface area contributed by atoms with Crippen LogP contribution in [0.2, 0.25) is 0 Å². The van der Waals surface area contributed by atoms with Gasteiger partial charge in [-0.2, -0.15) is 0 Å². The zero-order valence-electron chi connectivity index (χ0n) is 10.9. The van der Waals surface area contributed by atoms with E-state index >= 15 is 0 Å². The predicted octanol–water partition coefficient (Wildman–Crippen LogP) is 2.74. The number of ether oxygens (including phenoxy) is 1. The van der Waals surface area contributed by atoms with E-state index in [1.165, 1.54) is 5.56 Å². The number of hydrogen-bond acceptors (Lipinski definition) is 3. The number of esters is 1. The monoisotopic (exact) mass is 255 g/mol. The van der Waals surface area contributed by atoms with Crippen molar-refractivity contribution in [2.45, 2.75) is 19.6 Å². The first-order valence-corrected chi connectivity index (χ1v) is 6.19. The number of nitrogens with two attached hydrogens (primary N) is 1. The molecule has 98 valence electrons. The smallest absolute Gasteiger partial charge is 0.327 e. The van der Waals surface area contributed by atoms with Gasteiger partial charge in [-0.25, -0.2) is 4.79 Å². The second-order valence-corrected chi connectivity index (χ2v) is 4.48. The highest BCUT2D eigenvalue weighted by Gasteiger charge is 2.16. The molecule has 0 radical (unpaired) electrons. The summed E-state index contributed by atoms with van der Waals surface area (Å²) in [5, 5.41) is 0. The lowest BCUT2D eigenvalue weighted by Crippen LogP contribution is -2.23. The Hall–Kier alpha value is -2.13. The van der Waals surface area contributed by atoms with Crippen LogP contribution in [-0.4, -0.2) is 5.97 Å². The number of carbonyl (C=O) groups is 1. The van der Waals surface area contributed by atoms with E-state index in [-0.39, 0.29) is 6.61 Å². The fourth-order valence-electron chi connectivity index (χ4n) is 1.73. The summed E-state index contributed by atoms with van der Waals surface area (Å²) in [5.74, 6) is -0.410. The molecule has 0 amide bonds. The van der Waals surface area contributed by atoms with Crippen LogP contribution in [0.5, 0.6) is 0 Å². The maximum absolute atomic E-state index is 11.8. The molecule has 0 aliphatic heterocycles. The van der Waals surface area contributed by atoms with Crippen LogP contribution in [0.3, 0.4) is 0 Å². The Kier molecular flexibility index (Phi) is 4.31. The maximum atomic E-state index is 11.8. The molecule has 0 aromatic heterocycles. The average Bonchev–Trinajstić information content (AvgIpc) is 2.46. The van der Waals surface area contributed by atoms with Crippen LogP contribution in [0.25, 0.3) is 0 Å².